The van der Waals surface area contributed by atoms with E-state index < -0.39 is 5.97 Å². The zero-order valence-corrected chi connectivity index (χ0v) is 12.0. The number of aliphatic carboxylic acids is 1. The Kier molecular flexibility index (Phi) is 4.67. The highest BCUT2D eigenvalue weighted by molar-refractivity contribution is 5.81. The fourth-order valence-corrected chi connectivity index (χ4v) is 2.69. The highest BCUT2D eigenvalue weighted by Gasteiger charge is 2.32. The topological polar surface area (TPSA) is 92.9 Å². The standard InChI is InChI=1S/C15H20N2O4/c1-2-6-21-14(20)9-17-8-10(7-13(18)19)15-11(16)4-3-5-12(15)17/h3-5,10H,2,6-9,16H2,1H3,(H,18,19). The van der Waals surface area contributed by atoms with E-state index in [2.05, 4.69) is 0 Å². The molecule has 0 aliphatic carbocycles. The second-order valence-corrected chi connectivity index (χ2v) is 5.18. The minimum absolute atomic E-state index is 0.00171. The number of hydrogen-bond acceptors (Lipinski definition) is 5. The first-order chi connectivity index (χ1) is 10.0. The van der Waals surface area contributed by atoms with Crippen LogP contribution in [0.25, 0.3) is 0 Å². The molecule has 1 aromatic carbocycles. The Bertz CT molecular complexity index is 544. The van der Waals surface area contributed by atoms with Crippen molar-refractivity contribution in [3.63, 3.8) is 0 Å². The average Bonchev–Trinajstić information content (AvgIpc) is 2.75. The van der Waals surface area contributed by atoms with Gasteiger partial charge in [0, 0.05) is 29.4 Å². The summed E-state index contributed by atoms with van der Waals surface area (Å²) in [5.74, 6) is -1.37. The monoisotopic (exact) mass is 292 g/mol. The molecule has 0 radical (unpaired) electrons. The van der Waals surface area contributed by atoms with E-state index in [-0.39, 0.29) is 24.9 Å². The van der Waals surface area contributed by atoms with Crippen LogP contribution in [0.5, 0.6) is 0 Å². The van der Waals surface area contributed by atoms with E-state index in [1.165, 1.54) is 0 Å². The number of carboxylic acid groups (broad SMARTS) is 1. The number of carboxylic acids is 1. The Labute approximate surface area is 123 Å². The third-order valence-electron chi connectivity index (χ3n) is 3.51. The highest BCUT2D eigenvalue weighted by Crippen LogP contribution is 2.41. The molecule has 0 spiro atoms. The number of rotatable bonds is 6. The molecule has 6 heteroatoms. The second-order valence-electron chi connectivity index (χ2n) is 5.18. The van der Waals surface area contributed by atoms with Crippen molar-refractivity contribution >= 4 is 23.3 Å². The number of hydrogen-bond donors (Lipinski definition) is 2. The molecule has 114 valence electrons. The summed E-state index contributed by atoms with van der Waals surface area (Å²) in [6.45, 7) is 2.92. The predicted octanol–water partition coefficient (Wildman–Crippen LogP) is 1.60. The molecule has 3 N–H and O–H groups in total. The maximum absolute atomic E-state index is 11.8. The van der Waals surface area contributed by atoms with E-state index in [0.29, 0.717) is 18.8 Å². The molecule has 2 rings (SSSR count). The van der Waals surface area contributed by atoms with Crippen LogP contribution < -0.4 is 10.6 Å². The van der Waals surface area contributed by atoms with Crippen molar-refractivity contribution in [2.45, 2.75) is 25.7 Å². The van der Waals surface area contributed by atoms with Gasteiger partial charge in [-0.25, -0.2) is 0 Å². The molecule has 1 heterocycles. The number of carbonyl (C=O) groups excluding carboxylic acids is 1. The van der Waals surface area contributed by atoms with Gasteiger partial charge in [0.15, 0.2) is 0 Å². The third-order valence-corrected chi connectivity index (χ3v) is 3.51. The van der Waals surface area contributed by atoms with Gasteiger partial charge in [0.1, 0.15) is 6.54 Å². The average molecular weight is 292 g/mol. The van der Waals surface area contributed by atoms with E-state index in [1.807, 2.05) is 24.0 Å². The predicted molar refractivity (Wildman–Crippen MR) is 79.3 cm³/mol. The van der Waals surface area contributed by atoms with Gasteiger partial charge in [-0.15, -0.1) is 0 Å². The van der Waals surface area contributed by atoms with E-state index >= 15 is 0 Å². The Morgan fingerprint density at radius 3 is 2.90 bits per heavy atom. The van der Waals surface area contributed by atoms with Crippen LogP contribution in [-0.2, 0) is 14.3 Å². The van der Waals surface area contributed by atoms with E-state index in [9.17, 15) is 9.59 Å². The molecule has 1 unspecified atom stereocenters. The second kappa shape index (κ2) is 6.47. The van der Waals surface area contributed by atoms with Gasteiger partial charge >= 0.3 is 11.9 Å². The van der Waals surface area contributed by atoms with Crippen LogP contribution in [0.15, 0.2) is 18.2 Å². The Morgan fingerprint density at radius 1 is 1.48 bits per heavy atom. The van der Waals surface area contributed by atoms with Crippen LogP contribution in [-0.4, -0.2) is 36.7 Å². The first-order valence-corrected chi connectivity index (χ1v) is 7.03. The number of nitrogen functional groups attached to an aromatic ring is 1. The number of carbonyl (C=O) groups is 2. The third kappa shape index (κ3) is 3.45. The number of nitrogens with two attached hydrogens (primary N) is 1. The summed E-state index contributed by atoms with van der Waals surface area (Å²) in [5.41, 5.74) is 8.20. The maximum atomic E-state index is 11.8. The van der Waals surface area contributed by atoms with Crippen LogP contribution in [0.4, 0.5) is 11.4 Å². The van der Waals surface area contributed by atoms with Crippen molar-refractivity contribution in [3.8, 4) is 0 Å². The summed E-state index contributed by atoms with van der Waals surface area (Å²) in [6.07, 6.45) is 0.776. The summed E-state index contributed by atoms with van der Waals surface area (Å²) >= 11 is 0. The first-order valence-electron chi connectivity index (χ1n) is 7.03. The van der Waals surface area contributed by atoms with Crippen molar-refractivity contribution in [2.24, 2.45) is 0 Å². The smallest absolute Gasteiger partial charge is 0.325 e. The van der Waals surface area contributed by atoms with Crippen molar-refractivity contribution in [3.05, 3.63) is 23.8 Å². The molecule has 0 saturated heterocycles. The normalized spacial score (nSPS) is 16.6. The lowest BCUT2D eigenvalue weighted by molar-refractivity contribution is -0.142. The number of ether oxygens (including phenoxy) is 1. The summed E-state index contributed by atoms with van der Waals surface area (Å²) in [6, 6.07) is 5.43. The van der Waals surface area contributed by atoms with Crippen LogP contribution in [0.2, 0.25) is 0 Å². The molecule has 21 heavy (non-hydrogen) atoms. The van der Waals surface area contributed by atoms with Crippen LogP contribution in [0.3, 0.4) is 0 Å². The largest absolute Gasteiger partial charge is 0.481 e. The van der Waals surface area contributed by atoms with Gasteiger partial charge in [-0.2, -0.15) is 0 Å². The molecule has 0 bridgehead atoms. The lowest BCUT2D eigenvalue weighted by atomic mass is 9.96. The fraction of sp³-hybridized carbons (Fsp3) is 0.467. The van der Waals surface area contributed by atoms with Crippen molar-refractivity contribution in [2.75, 3.05) is 30.3 Å². The van der Waals surface area contributed by atoms with Crippen LogP contribution in [0.1, 0.15) is 31.2 Å². The van der Waals surface area contributed by atoms with Crippen molar-refractivity contribution in [1.82, 2.24) is 0 Å². The quantitative estimate of drug-likeness (QED) is 0.611. The van der Waals surface area contributed by atoms with Gasteiger partial charge < -0.3 is 20.5 Å². The van der Waals surface area contributed by atoms with Gasteiger partial charge in [-0.05, 0) is 18.6 Å². The molecule has 1 aliphatic heterocycles. The molecule has 0 saturated carbocycles. The fourth-order valence-electron chi connectivity index (χ4n) is 2.69. The maximum Gasteiger partial charge on any atom is 0.325 e. The molecule has 6 nitrogen and oxygen atoms in total. The van der Waals surface area contributed by atoms with Gasteiger partial charge in [0.05, 0.1) is 13.0 Å². The molecule has 1 atom stereocenters. The van der Waals surface area contributed by atoms with Gasteiger partial charge in [0.25, 0.3) is 0 Å². The summed E-state index contributed by atoms with van der Waals surface area (Å²) < 4.78 is 5.09. The minimum Gasteiger partial charge on any atom is -0.481 e. The Hall–Kier alpha value is -2.24. The zero-order chi connectivity index (χ0) is 15.4. The molecule has 0 fully saturated rings. The van der Waals surface area contributed by atoms with Gasteiger partial charge in [0.2, 0.25) is 0 Å². The molecular weight excluding hydrogens is 272 g/mol. The van der Waals surface area contributed by atoms with Gasteiger partial charge in [-0.1, -0.05) is 13.0 Å². The van der Waals surface area contributed by atoms with E-state index in [1.54, 1.807) is 6.07 Å². The number of esters is 1. The molecule has 1 aliphatic rings. The highest BCUT2D eigenvalue weighted by atomic mass is 16.5. The van der Waals surface area contributed by atoms with E-state index in [0.717, 1.165) is 17.7 Å². The zero-order valence-electron chi connectivity index (χ0n) is 12.0. The number of fused-ring (bicyclic) bond motifs is 1. The molecular formula is C15H20N2O4. The van der Waals surface area contributed by atoms with Gasteiger partial charge in [-0.3, -0.25) is 9.59 Å². The van der Waals surface area contributed by atoms with E-state index in [4.69, 9.17) is 15.6 Å². The summed E-state index contributed by atoms with van der Waals surface area (Å²) in [7, 11) is 0. The lowest BCUT2D eigenvalue weighted by Gasteiger charge is -2.18. The van der Waals surface area contributed by atoms with Crippen molar-refractivity contribution in [1.29, 1.82) is 0 Å². The summed E-state index contributed by atoms with van der Waals surface area (Å²) in [4.78, 5) is 24.6. The van der Waals surface area contributed by atoms with Crippen molar-refractivity contribution < 1.29 is 19.4 Å². The van der Waals surface area contributed by atoms with Crippen LogP contribution >= 0.6 is 0 Å². The first kappa shape index (κ1) is 15.2. The SMILES string of the molecule is CCCOC(=O)CN1CC(CC(=O)O)c2c(N)cccc21. The number of benzene rings is 1. The number of anilines is 2. The Balaban J connectivity index is 2.17. The molecule has 1 aromatic rings. The molecule has 0 amide bonds. The summed E-state index contributed by atoms with van der Waals surface area (Å²) in [5, 5.41) is 9.02. The minimum atomic E-state index is -0.871. The molecule has 0 aromatic heterocycles. The Morgan fingerprint density at radius 2 is 2.24 bits per heavy atom. The van der Waals surface area contributed by atoms with Crippen LogP contribution in [0, 0.1) is 0 Å². The number of nitrogens with zero attached hydrogens (tertiary/aromatic N) is 1. The lowest BCUT2D eigenvalue weighted by Crippen LogP contribution is -2.30.